The number of sulfonamides is 1. The Morgan fingerprint density at radius 2 is 1.61 bits per heavy atom. The minimum Gasteiger partial charge on any atom is -0.252 e. The molecule has 0 radical (unpaired) electrons. The summed E-state index contributed by atoms with van der Waals surface area (Å²) in [5.41, 5.74) is 0.161. The molecule has 33 heavy (non-hydrogen) atoms. The van der Waals surface area contributed by atoms with Gasteiger partial charge in [0.15, 0.2) is 0 Å². The number of anilines is 1. The SMILES string of the molecule is Cc1ccc(S(=O)(=O)N(Cc2ccc(F)c(C(F)(F)F)c2)c2sc3ccccc3c2C)cc1. The van der Waals surface area contributed by atoms with Crippen molar-refractivity contribution < 1.29 is 26.0 Å². The molecule has 0 atom stereocenters. The Morgan fingerprint density at radius 3 is 2.24 bits per heavy atom. The van der Waals surface area contributed by atoms with Crippen molar-refractivity contribution in [3.05, 3.63) is 94.8 Å². The summed E-state index contributed by atoms with van der Waals surface area (Å²) in [5.74, 6) is -1.41. The quantitative estimate of drug-likeness (QED) is 0.279. The highest BCUT2D eigenvalue weighted by molar-refractivity contribution is 7.93. The van der Waals surface area contributed by atoms with E-state index < -0.39 is 27.6 Å². The van der Waals surface area contributed by atoms with Crippen LogP contribution in [0.15, 0.2) is 71.6 Å². The van der Waals surface area contributed by atoms with Crippen molar-refractivity contribution in [2.75, 3.05) is 4.31 Å². The molecule has 3 nitrogen and oxygen atoms in total. The van der Waals surface area contributed by atoms with E-state index in [1.807, 2.05) is 31.2 Å². The molecule has 0 aliphatic rings. The van der Waals surface area contributed by atoms with Gasteiger partial charge in [0.25, 0.3) is 10.0 Å². The highest BCUT2D eigenvalue weighted by Gasteiger charge is 2.35. The van der Waals surface area contributed by atoms with Gasteiger partial charge in [0.1, 0.15) is 10.8 Å². The average Bonchev–Trinajstić information content (AvgIpc) is 3.09. The number of aryl methyl sites for hydroxylation is 2. The molecule has 9 heteroatoms. The largest absolute Gasteiger partial charge is 0.419 e. The van der Waals surface area contributed by atoms with Gasteiger partial charge in [-0.05, 0) is 60.7 Å². The van der Waals surface area contributed by atoms with Crippen molar-refractivity contribution in [1.82, 2.24) is 0 Å². The number of halogens is 4. The Hall–Kier alpha value is -2.91. The first-order valence-electron chi connectivity index (χ1n) is 9.91. The van der Waals surface area contributed by atoms with Crippen LogP contribution in [0, 0.1) is 19.7 Å². The molecule has 3 aromatic carbocycles. The van der Waals surface area contributed by atoms with Crippen molar-refractivity contribution >= 4 is 36.4 Å². The number of hydrogen-bond donors (Lipinski definition) is 0. The summed E-state index contributed by atoms with van der Waals surface area (Å²) in [4.78, 5) is 0.0168. The van der Waals surface area contributed by atoms with Crippen molar-refractivity contribution in [3.8, 4) is 0 Å². The third-order valence-corrected chi connectivity index (χ3v) is 8.49. The number of nitrogens with zero attached hydrogens (tertiary/aromatic N) is 1. The molecular weight excluding hydrogens is 474 g/mol. The van der Waals surface area contributed by atoms with E-state index in [0.29, 0.717) is 22.7 Å². The van der Waals surface area contributed by atoms with Crippen LogP contribution in [-0.4, -0.2) is 8.42 Å². The summed E-state index contributed by atoms with van der Waals surface area (Å²) in [6.07, 6.45) is -4.89. The second kappa shape index (κ2) is 8.46. The first-order valence-corrected chi connectivity index (χ1v) is 12.2. The maximum Gasteiger partial charge on any atom is 0.419 e. The minimum absolute atomic E-state index is 0.0168. The second-order valence-corrected chi connectivity index (χ2v) is 10.6. The molecule has 0 aliphatic heterocycles. The highest BCUT2D eigenvalue weighted by Crippen LogP contribution is 2.41. The lowest BCUT2D eigenvalue weighted by molar-refractivity contribution is -0.140. The maximum atomic E-state index is 13.8. The van der Waals surface area contributed by atoms with Gasteiger partial charge in [-0.3, -0.25) is 4.31 Å². The van der Waals surface area contributed by atoms with Crippen LogP contribution in [-0.2, 0) is 22.7 Å². The van der Waals surface area contributed by atoms with Gasteiger partial charge < -0.3 is 0 Å². The molecule has 0 amide bonds. The van der Waals surface area contributed by atoms with Gasteiger partial charge in [-0.1, -0.05) is 42.0 Å². The van der Waals surface area contributed by atoms with Gasteiger partial charge in [0.2, 0.25) is 0 Å². The molecule has 0 saturated heterocycles. The number of hydrogen-bond acceptors (Lipinski definition) is 3. The van der Waals surface area contributed by atoms with Crippen LogP contribution < -0.4 is 4.31 Å². The average molecular weight is 494 g/mol. The summed E-state index contributed by atoms with van der Waals surface area (Å²) in [6, 6.07) is 16.2. The zero-order valence-corrected chi connectivity index (χ0v) is 19.3. The number of rotatable bonds is 5. The van der Waals surface area contributed by atoms with Crippen molar-refractivity contribution in [2.45, 2.75) is 31.5 Å². The fourth-order valence-electron chi connectivity index (χ4n) is 3.56. The number of thiophene rings is 1. The molecule has 0 aliphatic carbocycles. The lowest BCUT2D eigenvalue weighted by Gasteiger charge is -2.24. The molecule has 1 aromatic heterocycles. The predicted molar refractivity (Wildman–Crippen MR) is 123 cm³/mol. The summed E-state index contributed by atoms with van der Waals surface area (Å²) in [6.45, 7) is 3.21. The second-order valence-electron chi connectivity index (χ2n) is 7.67. The Morgan fingerprint density at radius 1 is 0.939 bits per heavy atom. The molecule has 0 bridgehead atoms. The van der Waals surface area contributed by atoms with E-state index in [2.05, 4.69) is 0 Å². The molecule has 0 N–H and O–H groups in total. The molecule has 0 unspecified atom stereocenters. The summed E-state index contributed by atoms with van der Waals surface area (Å²) < 4.78 is 82.9. The molecule has 0 spiro atoms. The molecule has 172 valence electrons. The molecule has 0 fully saturated rings. The zero-order valence-electron chi connectivity index (χ0n) is 17.7. The fourth-order valence-corrected chi connectivity index (χ4v) is 6.49. The van der Waals surface area contributed by atoms with Gasteiger partial charge in [-0.2, -0.15) is 13.2 Å². The number of fused-ring (bicyclic) bond motifs is 1. The van der Waals surface area contributed by atoms with E-state index in [0.717, 1.165) is 20.0 Å². The van der Waals surface area contributed by atoms with E-state index in [-0.39, 0.29) is 17.0 Å². The van der Waals surface area contributed by atoms with Crippen molar-refractivity contribution in [2.24, 2.45) is 0 Å². The van der Waals surface area contributed by atoms with Crippen molar-refractivity contribution in [1.29, 1.82) is 0 Å². The number of benzene rings is 3. The first-order chi connectivity index (χ1) is 15.5. The summed E-state index contributed by atoms with van der Waals surface area (Å²) >= 11 is 1.24. The predicted octanol–water partition coefficient (Wildman–Crippen LogP) is 7.07. The minimum atomic E-state index is -4.89. The van der Waals surface area contributed by atoms with E-state index in [1.165, 1.54) is 29.5 Å². The zero-order chi connectivity index (χ0) is 24.0. The van der Waals surface area contributed by atoms with Crippen LogP contribution in [0.3, 0.4) is 0 Å². The number of alkyl halides is 3. The first kappa shape index (κ1) is 23.3. The van der Waals surface area contributed by atoms with E-state index in [1.54, 1.807) is 19.1 Å². The van der Waals surface area contributed by atoms with Gasteiger partial charge in [-0.15, -0.1) is 11.3 Å². The fraction of sp³-hybridized carbons (Fsp3) is 0.167. The normalized spacial score (nSPS) is 12.3. The summed E-state index contributed by atoms with van der Waals surface area (Å²) in [5, 5.41) is 1.26. The summed E-state index contributed by atoms with van der Waals surface area (Å²) in [7, 11) is -4.13. The standard InChI is InChI=1S/C24H19F4NO2S2/c1-15-7-10-18(11-8-15)33(30,31)29(23-16(2)19-5-3-4-6-22(19)32-23)14-17-9-12-21(25)20(13-17)24(26,27)28/h3-13H,14H2,1-2H3. The van der Waals surface area contributed by atoms with E-state index in [9.17, 15) is 26.0 Å². The lowest BCUT2D eigenvalue weighted by atomic mass is 10.1. The molecule has 0 saturated carbocycles. The Kier molecular flexibility index (Phi) is 5.96. The van der Waals surface area contributed by atoms with Gasteiger partial charge in [0, 0.05) is 4.70 Å². The van der Waals surface area contributed by atoms with Gasteiger partial charge in [0.05, 0.1) is 17.0 Å². The van der Waals surface area contributed by atoms with E-state index >= 15 is 0 Å². The maximum absolute atomic E-state index is 13.8. The van der Waals surface area contributed by atoms with E-state index in [4.69, 9.17) is 0 Å². The van der Waals surface area contributed by atoms with Gasteiger partial charge in [-0.25, -0.2) is 12.8 Å². The van der Waals surface area contributed by atoms with Crippen molar-refractivity contribution in [3.63, 3.8) is 0 Å². The Labute approximate surface area is 193 Å². The molecular formula is C24H19F4NO2S2. The van der Waals surface area contributed by atoms with Crippen LogP contribution in [0.2, 0.25) is 0 Å². The van der Waals surface area contributed by atoms with Crippen LogP contribution >= 0.6 is 11.3 Å². The topological polar surface area (TPSA) is 37.4 Å². The molecule has 4 aromatic rings. The van der Waals surface area contributed by atoms with Crippen LogP contribution in [0.1, 0.15) is 22.3 Å². The van der Waals surface area contributed by atoms with Crippen LogP contribution in [0.4, 0.5) is 22.6 Å². The lowest BCUT2D eigenvalue weighted by Crippen LogP contribution is -2.30. The highest BCUT2D eigenvalue weighted by atomic mass is 32.2. The Balaban J connectivity index is 1.88. The molecule has 1 heterocycles. The Bertz CT molecular complexity index is 1430. The third-order valence-electron chi connectivity index (χ3n) is 5.32. The monoisotopic (exact) mass is 493 g/mol. The third kappa shape index (κ3) is 4.47. The molecule has 4 rings (SSSR count). The van der Waals surface area contributed by atoms with Gasteiger partial charge >= 0.3 is 6.18 Å². The van der Waals surface area contributed by atoms with Crippen LogP contribution in [0.25, 0.3) is 10.1 Å². The smallest absolute Gasteiger partial charge is 0.252 e. The van der Waals surface area contributed by atoms with Crippen LogP contribution in [0.5, 0.6) is 0 Å².